The molecule has 1 fully saturated rings. The summed E-state index contributed by atoms with van der Waals surface area (Å²) in [6, 6.07) is 7.26. The molecule has 1 aliphatic rings. The van der Waals surface area contributed by atoms with Crippen molar-refractivity contribution in [2.75, 3.05) is 5.32 Å². The molecule has 6 heteroatoms. The molecule has 0 spiro atoms. The maximum atomic E-state index is 12.3. The molecule has 0 radical (unpaired) electrons. The Morgan fingerprint density at radius 1 is 1.35 bits per heavy atom. The van der Waals surface area contributed by atoms with E-state index in [9.17, 15) is 9.59 Å². The number of nitrogens with zero attached hydrogens (tertiary/aromatic N) is 2. The van der Waals surface area contributed by atoms with Gasteiger partial charge in [-0.15, -0.1) is 0 Å². The number of benzene rings is 1. The number of carbonyl (C=O) groups excluding carboxylic acids is 1. The minimum atomic E-state index is -1.00. The van der Waals surface area contributed by atoms with Gasteiger partial charge in [-0.1, -0.05) is 19.4 Å². The summed E-state index contributed by atoms with van der Waals surface area (Å²) in [7, 11) is 0. The van der Waals surface area contributed by atoms with Gasteiger partial charge in [0.1, 0.15) is 5.56 Å². The summed E-state index contributed by atoms with van der Waals surface area (Å²) in [5.41, 5.74) is 1.85. The average molecular weight is 313 g/mol. The minimum absolute atomic E-state index is 0.0318. The van der Waals surface area contributed by atoms with Gasteiger partial charge in [-0.05, 0) is 38.0 Å². The third kappa shape index (κ3) is 2.72. The molecule has 0 unspecified atom stereocenters. The van der Waals surface area contributed by atoms with Crippen molar-refractivity contribution in [3.05, 3.63) is 41.7 Å². The number of amides is 1. The first kappa shape index (κ1) is 15.3. The Morgan fingerprint density at radius 2 is 2.09 bits per heavy atom. The van der Waals surface area contributed by atoms with Gasteiger partial charge in [0.2, 0.25) is 5.91 Å². The monoisotopic (exact) mass is 313 g/mol. The SMILES string of the molecule is Cc1c(C(=O)O)cnn1-c1cccc(NC(=O)C2(C)CCC2)c1. The van der Waals surface area contributed by atoms with Crippen LogP contribution in [0.25, 0.3) is 5.69 Å². The van der Waals surface area contributed by atoms with Crippen LogP contribution in [0.2, 0.25) is 0 Å². The number of rotatable bonds is 4. The van der Waals surface area contributed by atoms with Gasteiger partial charge in [-0.25, -0.2) is 9.48 Å². The number of carbonyl (C=O) groups is 2. The zero-order valence-electron chi connectivity index (χ0n) is 13.2. The smallest absolute Gasteiger partial charge is 0.339 e. The van der Waals surface area contributed by atoms with E-state index in [2.05, 4.69) is 10.4 Å². The molecular formula is C17H19N3O3. The van der Waals surface area contributed by atoms with Crippen molar-refractivity contribution < 1.29 is 14.7 Å². The van der Waals surface area contributed by atoms with Crippen LogP contribution >= 0.6 is 0 Å². The molecule has 1 aromatic heterocycles. The van der Waals surface area contributed by atoms with E-state index < -0.39 is 5.97 Å². The van der Waals surface area contributed by atoms with Crippen LogP contribution in [0.1, 0.15) is 42.2 Å². The standard InChI is InChI=1S/C17H19N3O3/c1-11-14(15(21)22)10-18-20(11)13-6-3-5-12(9-13)19-16(23)17(2)7-4-8-17/h3,5-6,9-10H,4,7-8H2,1-2H3,(H,19,23)(H,21,22). The van der Waals surface area contributed by atoms with Gasteiger partial charge in [0.05, 0.1) is 17.6 Å². The molecule has 0 atom stereocenters. The number of carboxylic acid groups (broad SMARTS) is 1. The summed E-state index contributed by atoms with van der Waals surface area (Å²) < 4.78 is 1.56. The third-order valence-corrected chi connectivity index (χ3v) is 4.59. The fourth-order valence-corrected chi connectivity index (χ4v) is 2.81. The van der Waals surface area contributed by atoms with Crippen LogP contribution < -0.4 is 5.32 Å². The summed E-state index contributed by atoms with van der Waals surface area (Å²) in [5.74, 6) is -0.972. The topological polar surface area (TPSA) is 84.2 Å². The second kappa shape index (κ2) is 5.53. The summed E-state index contributed by atoms with van der Waals surface area (Å²) in [4.78, 5) is 23.4. The van der Waals surface area contributed by atoms with Crippen molar-refractivity contribution >= 4 is 17.6 Å². The minimum Gasteiger partial charge on any atom is -0.478 e. The van der Waals surface area contributed by atoms with E-state index in [4.69, 9.17) is 5.11 Å². The highest BCUT2D eigenvalue weighted by Gasteiger charge is 2.39. The molecule has 1 amide bonds. The molecule has 0 aliphatic heterocycles. The lowest BCUT2D eigenvalue weighted by molar-refractivity contribution is -0.128. The Bertz CT molecular complexity index is 775. The second-order valence-corrected chi connectivity index (χ2v) is 6.28. The number of aromatic carboxylic acids is 1. The molecule has 2 N–H and O–H groups in total. The first-order chi connectivity index (χ1) is 10.9. The van der Waals surface area contributed by atoms with Crippen LogP contribution in [0.15, 0.2) is 30.5 Å². The van der Waals surface area contributed by atoms with Crippen molar-refractivity contribution in [3.8, 4) is 5.69 Å². The Kier molecular flexibility index (Phi) is 3.67. The van der Waals surface area contributed by atoms with E-state index in [-0.39, 0.29) is 16.9 Å². The van der Waals surface area contributed by atoms with Crippen LogP contribution in [-0.4, -0.2) is 26.8 Å². The number of anilines is 1. The van der Waals surface area contributed by atoms with Crippen LogP contribution in [0.5, 0.6) is 0 Å². The first-order valence-corrected chi connectivity index (χ1v) is 7.60. The van der Waals surface area contributed by atoms with Gasteiger partial charge in [-0.3, -0.25) is 4.79 Å². The van der Waals surface area contributed by atoms with Crippen LogP contribution in [0.3, 0.4) is 0 Å². The highest BCUT2D eigenvalue weighted by atomic mass is 16.4. The number of hydrogen-bond donors (Lipinski definition) is 2. The molecule has 2 aromatic rings. The normalized spacial score (nSPS) is 15.7. The fraction of sp³-hybridized carbons (Fsp3) is 0.353. The van der Waals surface area contributed by atoms with E-state index in [1.807, 2.05) is 25.1 Å². The predicted octanol–water partition coefficient (Wildman–Crippen LogP) is 3.01. The zero-order valence-corrected chi connectivity index (χ0v) is 13.2. The second-order valence-electron chi connectivity index (χ2n) is 6.28. The van der Waals surface area contributed by atoms with Crippen molar-refractivity contribution in [2.24, 2.45) is 5.41 Å². The average Bonchev–Trinajstić information content (AvgIpc) is 2.87. The molecule has 23 heavy (non-hydrogen) atoms. The van der Waals surface area contributed by atoms with E-state index in [1.54, 1.807) is 17.7 Å². The Balaban J connectivity index is 1.85. The lowest BCUT2D eigenvalue weighted by Crippen LogP contribution is -2.39. The van der Waals surface area contributed by atoms with E-state index in [0.29, 0.717) is 17.1 Å². The predicted molar refractivity (Wildman–Crippen MR) is 85.8 cm³/mol. The molecule has 1 aliphatic carbocycles. The van der Waals surface area contributed by atoms with Gasteiger partial charge in [0.15, 0.2) is 0 Å². The fourth-order valence-electron chi connectivity index (χ4n) is 2.81. The van der Waals surface area contributed by atoms with Gasteiger partial charge in [0, 0.05) is 11.1 Å². The van der Waals surface area contributed by atoms with E-state index >= 15 is 0 Å². The van der Waals surface area contributed by atoms with E-state index in [0.717, 1.165) is 19.3 Å². The number of nitrogens with one attached hydrogen (secondary N) is 1. The molecule has 0 bridgehead atoms. The Labute approximate surface area is 134 Å². The maximum absolute atomic E-state index is 12.3. The highest BCUT2D eigenvalue weighted by Crippen LogP contribution is 2.41. The van der Waals surface area contributed by atoms with Crippen molar-refractivity contribution in [2.45, 2.75) is 33.1 Å². The van der Waals surface area contributed by atoms with Crippen molar-refractivity contribution in [3.63, 3.8) is 0 Å². The molecule has 6 nitrogen and oxygen atoms in total. The summed E-state index contributed by atoms with van der Waals surface area (Å²) >= 11 is 0. The molecule has 1 saturated carbocycles. The quantitative estimate of drug-likeness (QED) is 0.908. The van der Waals surface area contributed by atoms with Crippen LogP contribution in [0, 0.1) is 12.3 Å². The van der Waals surface area contributed by atoms with Gasteiger partial charge >= 0.3 is 5.97 Å². The summed E-state index contributed by atoms with van der Waals surface area (Å²) in [6.45, 7) is 3.68. The molecule has 3 rings (SSSR count). The van der Waals surface area contributed by atoms with Crippen LogP contribution in [0.4, 0.5) is 5.69 Å². The highest BCUT2D eigenvalue weighted by molar-refractivity contribution is 5.95. The Morgan fingerprint density at radius 3 is 2.65 bits per heavy atom. The molecular weight excluding hydrogens is 294 g/mol. The number of hydrogen-bond acceptors (Lipinski definition) is 3. The van der Waals surface area contributed by atoms with Gasteiger partial charge < -0.3 is 10.4 Å². The van der Waals surface area contributed by atoms with E-state index in [1.165, 1.54) is 6.20 Å². The molecule has 0 saturated heterocycles. The largest absolute Gasteiger partial charge is 0.478 e. The van der Waals surface area contributed by atoms with Gasteiger partial charge in [-0.2, -0.15) is 5.10 Å². The molecule has 1 aromatic carbocycles. The Hall–Kier alpha value is -2.63. The lowest BCUT2D eigenvalue weighted by Gasteiger charge is -2.36. The first-order valence-electron chi connectivity index (χ1n) is 7.60. The van der Waals surface area contributed by atoms with Crippen LogP contribution in [-0.2, 0) is 4.79 Å². The van der Waals surface area contributed by atoms with Crippen molar-refractivity contribution in [1.82, 2.24) is 9.78 Å². The molecule has 1 heterocycles. The van der Waals surface area contributed by atoms with Crippen molar-refractivity contribution in [1.29, 1.82) is 0 Å². The zero-order chi connectivity index (χ0) is 16.6. The maximum Gasteiger partial charge on any atom is 0.339 e. The summed E-state index contributed by atoms with van der Waals surface area (Å²) in [6.07, 6.45) is 4.25. The summed E-state index contributed by atoms with van der Waals surface area (Å²) in [5, 5.41) is 16.2. The third-order valence-electron chi connectivity index (χ3n) is 4.59. The molecule has 120 valence electrons. The number of aromatic nitrogens is 2. The number of carboxylic acids is 1. The lowest BCUT2D eigenvalue weighted by atomic mass is 9.70. The van der Waals surface area contributed by atoms with Gasteiger partial charge in [0.25, 0.3) is 0 Å².